The number of nitrogens with two attached hydrogens (primary N) is 1. The van der Waals surface area contributed by atoms with E-state index >= 15 is 0 Å². The molecule has 0 aliphatic carbocycles. The molecular weight excluding hydrogens is 468 g/mol. The first-order valence-corrected chi connectivity index (χ1v) is 12.9. The first-order chi connectivity index (χ1) is 15.7. The van der Waals surface area contributed by atoms with Gasteiger partial charge in [-0.15, -0.1) is 16.4 Å². The highest BCUT2D eigenvalue weighted by molar-refractivity contribution is 7.91. The van der Waals surface area contributed by atoms with E-state index in [1.165, 1.54) is 0 Å². The zero-order valence-corrected chi connectivity index (χ0v) is 19.9. The van der Waals surface area contributed by atoms with Crippen LogP contribution in [0, 0.1) is 5.92 Å². The molecule has 1 aromatic carbocycles. The smallest absolute Gasteiger partial charge is 0.265 e. The maximum Gasteiger partial charge on any atom is 0.265 e. The van der Waals surface area contributed by atoms with Gasteiger partial charge in [0.2, 0.25) is 10.2 Å². The summed E-state index contributed by atoms with van der Waals surface area (Å²) in [6, 6.07) is 4.36. The molecule has 0 spiro atoms. The van der Waals surface area contributed by atoms with Gasteiger partial charge in [-0.2, -0.15) is 0 Å². The number of aliphatic hydroxyl groups excluding tert-OH is 1. The Morgan fingerprint density at radius 1 is 1.39 bits per heavy atom. The van der Waals surface area contributed by atoms with Crippen LogP contribution in [0.5, 0.6) is 5.75 Å². The molecule has 1 aliphatic heterocycles. The molecule has 3 aromatic rings. The zero-order valence-electron chi connectivity index (χ0n) is 18.3. The SMILES string of the molecule is CC(C)[C@@H](C(=O)N1CCC[C@@H]1CO)n1cc(COc2ccc3nc(S(N)(=O)=O)sc3c2)nn1. The summed E-state index contributed by atoms with van der Waals surface area (Å²) in [6.45, 7) is 4.60. The predicted molar refractivity (Wildman–Crippen MR) is 121 cm³/mol. The number of likely N-dealkylation sites (tertiary alicyclic amines) is 1. The number of carbonyl (C=O) groups is 1. The van der Waals surface area contributed by atoms with Crippen molar-refractivity contribution >= 4 is 37.5 Å². The summed E-state index contributed by atoms with van der Waals surface area (Å²) in [5.41, 5.74) is 1.06. The average molecular weight is 495 g/mol. The number of sulfonamides is 1. The summed E-state index contributed by atoms with van der Waals surface area (Å²) < 4.78 is 30.9. The number of aliphatic hydroxyl groups is 1. The number of thiazole rings is 1. The van der Waals surface area contributed by atoms with Crippen LogP contribution >= 0.6 is 11.3 Å². The number of aromatic nitrogens is 4. The first-order valence-electron chi connectivity index (χ1n) is 10.6. The van der Waals surface area contributed by atoms with Crippen molar-refractivity contribution in [3.05, 3.63) is 30.1 Å². The number of nitrogens with zero attached hydrogens (tertiary/aromatic N) is 5. The van der Waals surface area contributed by atoms with Crippen molar-refractivity contribution in [1.29, 1.82) is 0 Å². The number of primary sulfonamides is 1. The Kier molecular flexibility index (Phi) is 6.66. The lowest BCUT2D eigenvalue weighted by Gasteiger charge is -2.29. The molecular formula is C20H26N6O5S2. The van der Waals surface area contributed by atoms with Crippen LogP contribution in [0.4, 0.5) is 0 Å². The summed E-state index contributed by atoms with van der Waals surface area (Å²) >= 11 is 0.972. The molecule has 33 heavy (non-hydrogen) atoms. The topological polar surface area (TPSA) is 154 Å². The van der Waals surface area contributed by atoms with E-state index in [2.05, 4.69) is 15.3 Å². The number of amides is 1. The van der Waals surface area contributed by atoms with E-state index in [-0.39, 0.29) is 35.4 Å². The molecule has 0 bridgehead atoms. The van der Waals surface area contributed by atoms with Gasteiger partial charge in [-0.25, -0.2) is 23.2 Å². The molecule has 3 heterocycles. The molecule has 1 aliphatic rings. The minimum atomic E-state index is -3.86. The Bertz CT molecular complexity index is 1250. The minimum absolute atomic E-state index is 0.0188. The molecule has 1 fully saturated rings. The van der Waals surface area contributed by atoms with Crippen molar-refractivity contribution in [3.8, 4) is 5.75 Å². The summed E-state index contributed by atoms with van der Waals surface area (Å²) in [6.07, 6.45) is 3.37. The van der Waals surface area contributed by atoms with Gasteiger partial charge in [0.25, 0.3) is 10.0 Å². The van der Waals surface area contributed by atoms with Gasteiger partial charge in [0.05, 0.1) is 29.1 Å². The summed E-state index contributed by atoms with van der Waals surface area (Å²) in [7, 11) is -3.86. The van der Waals surface area contributed by atoms with Crippen molar-refractivity contribution in [3.63, 3.8) is 0 Å². The Balaban J connectivity index is 1.47. The fourth-order valence-electron chi connectivity index (χ4n) is 3.96. The van der Waals surface area contributed by atoms with Crippen molar-refractivity contribution in [2.24, 2.45) is 11.1 Å². The minimum Gasteiger partial charge on any atom is -0.487 e. The molecule has 13 heteroatoms. The van der Waals surface area contributed by atoms with Crippen LogP contribution in [-0.4, -0.2) is 63.5 Å². The standard InChI is InChI=1S/C20H26N6O5S2/c1-12(2)18(19(28)25-7-3-4-14(25)10-27)26-9-13(23-24-26)11-31-15-5-6-16-17(8-15)32-20(22-16)33(21,29)30/h5-6,8-9,12,14,18,27H,3-4,7,10-11H2,1-2H3,(H2,21,29,30)/t14-,18+/m1/s1. The quantitative estimate of drug-likeness (QED) is 0.475. The van der Waals surface area contributed by atoms with Crippen LogP contribution < -0.4 is 9.88 Å². The molecule has 1 saturated heterocycles. The monoisotopic (exact) mass is 494 g/mol. The van der Waals surface area contributed by atoms with Gasteiger partial charge >= 0.3 is 0 Å². The first kappa shape index (κ1) is 23.5. The average Bonchev–Trinajstić information content (AvgIpc) is 3.50. The van der Waals surface area contributed by atoms with E-state index in [1.54, 1.807) is 34.0 Å². The largest absolute Gasteiger partial charge is 0.487 e. The van der Waals surface area contributed by atoms with Crippen LogP contribution in [0.25, 0.3) is 10.2 Å². The van der Waals surface area contributed by atoms with Crippen molar-refractivity contribution in [1.82, 2.24) is 24.9 Å². The van der Waals surface area contributed by atoms with Crippen LogP contribution in [0.3, 0.4) is 0 Å². The summed E-state index contributed by atoms with van der Waals surface area (Å²) in [5.74, 6) is 0.427. The predicted octanol–water partition coefficient (Wildman–Crippen LogP) is 1.29. The van der Waals surface area contributed by atoms with Gasteiger partial charge in [-0.1, -0.05) is 19.1 Å². The molecule has 178 valence electrons. The molecule has 11 nitrogen and oxygen atoms in total. The van der Waals surface area contributed by atoms with Crippen molar-refractivity contribution < 1.29 is 23.1 Å². The van der Waals surface area contributed by atoms with Crippen molar-refractivity contribution in [2.45, 2.75) is 49.7 Å². The van der Waals surface area contributed by atoms with E-state index in [1.807, 2.05) is 13.8 Å². The third-order valence-electron chi connectivity index (χ3n) is 5.57. The number of rotatable bonds is 8. The molecule has 2 aromatic heterocycles. The van der Waals surface area contributed by atoms with Crippen LogP contribution in [0.15, 0.2) is 28.7 Å². The summed E-state index contributed by atoms with van der Waals surface area (Å²) in [4.78, 5) is 18.9. The van der Waals surface area contributed by atoms with Gasteiger partial charge in [-0.3, -0.25) is 4.79 Å². The van der Waals surface area contributed by atoms with Crippen molar-refractivity contribution in [2.75, 3.05) is 13.2 Å². The number of hydrogen-bond donors (Lipinski definition) is 2. The Hall–Kier alpha value is -2.61. The maximum absolute atomic E-state index is 13.2. The molecule has 0 saturated carbocycles. The van der Waals surface area contributed by atoms with Gasteiger partial charge in [0, 0.05) is 6.54 Å². The van der Waals surface area contributed by atoms with Gasteiger partial charge in [0.1, 0.15) is 24.1 Å². The lowest BCUT2D eigenvalue weighted by atomic mass is 10.0. The third kappa shape index (κ3) is 5.00. The molecule has 1 amide bonds. The van der Waals surface area contributed by atoms with E-state index in [0.29, 0.717) is 28.2 Å². The van der Waals surface area contributed by atoms with Crippen LogP contribution in [0.2, 0.25) is 0 Å². The van der Waals surface area contributed by atoms with Gasteiger partial charge in [-0.05, 0) is 37.0 Å². The van der Waals surface area contributed by atoms with Crippen LogP contribution in [0.1, 0.15) is 38.4 Å². The van der Waals surface area contributed by atoms with E-state index < -0.39 is 16.1 Å². The molecule has 4 rings (SSSR count). The normalized spacial score (nSPS) is 17.7. The lowest BCUT2D eigenvalue weighted by molar-refractivity contribution is -0.138. The second kappa shape index (κ2) is 9.33. The Morgan fingerprint density at radius 3 is 2.88 bits per heavy atom. The Morgan fingerprint density at radius 2 is 2.18 bits per heavy atom. The maximum atomic E-state index is 13.2. The fraction of sp³-hybridized carbons (Fsp3) is 0.500. The third-order valence-corrected chi connectivity index (χ3v) is 7.91. The van der Waals surface area contributed by atoms with E-state index in [4.69, 9.17) is 9.88 Å². The molecule has 2 atom stereocenters. The lowest BCUT2D eigenvalue weighted by Crippen LogP contribution is -2.43. The highest BCUT2D eigenvalue weighted by Gasteiger charge is 2.35. The molecule has 3 N–H and O–H groups in total. The molecule has 0 radical (unpaired) electrons. The highest BCUT2D eigenvalue weighted by atomic mass is 32.2. The van der Waals surface area contributed by atoms with Crippen LogP contribution in [-0.2, 0) is 21.4 Å². The number of fused-ring (bicyclic) bond motifs is 1. The Labute approximate surface area is 195 Å². The number of carbonyl (C=O) groups excluding carboxylic acids is 1. The summed E-state index contributed by atoms with van der Waals surface area (Å²) in [5, 5.41) is 23.0. The second-order valence-corrected chi connectivity index (χ2v) is 11.1. The van der Waals surface area contributed by atoms with E-state index in [9.17, 15) is 18.3 Å². The number of benzene rings is 1. The van der Waals surface area contributed by atoms with Gasteiger partial charge < -0.3 is 14.7 Å². The van der Waals surface area contributed by atoms with Gasteiger partial charge in [0.15, 0.2) is 0 Å². The molecule has 0 unspecified atom stereocenters. The number of hydrogen-bond acceptors (Lipinski definition) is 9. The highest BCUT2D eigenvalue weighted by Crippen LogP contribution is 2.29. The number of ether oxygens (including phenoxy) is 1. The van der Waals surface area contributed by atoms with E-state index in [0.717, 1.165) is 24.2 Å². The second-order valence-electron chi connectivity index (χ2n) is 8.33. The zero-order chi connectivity index (χ0) is 23.8. The fourth-order valence-corrected chi connectivity index (χ4v) is 5.64.